The molecule has 5 heteroatoms. The fourth-order valence-electron chi connectivity index (χ4n) is 2.78. The smallest absolute Gasteiger partial charge is 0.221 e. The summed E-state index contributed by atoms with van der Waals surface area (Å²) in [5, 5.41) is 3.19. The minimum atomic E-state index is 0.230. The molecule has 0 aliphatic carbocycles. The Morgan fingerprint density at radius 3 is 2.21 bits per heavy atom. The molecule has 0 aromatic heterocycles. The first-order valence-electron chi connectivity index (χ1n) is 7.52. The van der Waals surface area contributed by atoms with Gasteiger partial charge < -0.3 is 20.0 Å². The van der Waals surface area contributed by atoms with E-state index in [1.807, 2.05) is 0 Å². The van der Waals surface area contributed by atoms with Crippen molar-refractivity contribution < 1.29 is 4.79 Å². The number of rotatable bonds is 4. The maximum Gasteiger partial charge on any atom is 0.221 e. The van der Waals surface area contributed by atoms with Gasteiger partial charge in [0.1, 0.15) is 0 Å². The Hall–Kier alpha value is -0.650. The van der Waals surface area contributed by atoms with Gasteiger partial charge in [0.15, 0.2) is 0 Å². The molecule has 0 bridgehead atoms. The van der Waals surface area contributed by atoms with Crippen molar-refractivity contribution in [3.8, 4) is 0 Å². The maximum absolute atomic E-state index is 11.9. The number of carbonyl (C=O) groups is 1. The van der Waals surface area contributed by atoms with Gasteiger partial charge in [0.05, 0.1) is 0 Å². The number of hydrogen-bond donors (Lipinski definition) is 1. The molecule has 2 fully saturated rings. The largest absolute Gasteiger partial charge is 0.353 e. The normalized spacial score (nSPS) is 24.5. The monoisotopic (exact) mass is 268 g/mol. The van der Waals surface area contributed by atoms with Crippen LogP contribution < -0.4 is 5.32 Å². The second kappa shape index (κ2) is 7.22. The minimum absolute atomic E-state index is 0.230. The summed E-state index contributed by atoms with van der Waals surface area (Å²) in [4.78, 5) is 19.0. The molecule has 0 atom stereocenters. The van der Waals surface area contributed by atoms with E-state index in [-0.39, 0.29) is 5.91 Å². The van der Waals surface area contributed by atoms with Crippen LogP contribution in [-0.4, -0.2) is 86.6 Å². The molecule has 2 aliphatic heterocycles. The average molecular weight is 268 g/mol. The molecular formula is C14H28N4O. The van der Waals surface area contributed by atoms with E-state index < -0.39 is 0 Å². The standard InChI is InChI=1S/C14H28N4O/c1-16-6-3-13(4-7-16)15-14(19)5-8-18-11-9-17(2)10-12-18/h13H,3-12H2,1-2H3,(H,15,19). The molecule has 0 aromatic carbocycles. The number of amides is 1. The van der Waals surface area contributed by atoms with Crippen molar-refractivity contribution in [3.05, 3.63) is 0 Å². The number of piperidine rings is 1. The number of carbonyl (C=O) groups excluding carboxylic acids is 1. The first-order valence-corrected chi connectivity index (χ1v) is 7.52. The zero-order valence-electron chi connectivity index (χ0n) is 12.4. The first-order chi connectivity index (χ1) is 9.13. The van der Waals surface area contributed by atoms with Crippen molar-refractivity contribution >= 4 is 5.91 Å². The molecule has 0 spiro atoms. The van der Waals surface area contributed by atoms with Gasteiger partial charge in [-0.15, -0.1) is 0 Å². The van der Waals surface area contributed by atoms with E-state index in [2.05, 4.69) is 34.1 Å². The molecule has 0 saturated carbocycles. The van der Waals surface area contributed by atoms with E-state index >= 15 is 0 Å². The van der Waals surface area contributed by atoms with E-state index in [1.54, 1.807) is 0 Å². The van der Waals surface area contributed by atoms with Gasteiger partial charge in [0.2, 0.25) is 5.91 Å². The fraction of sp³-hybridized carbons (Fsp3) is 0.929. The molecule has 0 aromatic rings. The topological polar surface area (TPSA) is 38.8 Å². The van der Waals surface area contributed by atoms with Crippen molar-refractivity contribution in [3.63, 3.8) is 0 Å². The van der Waals surface area contributed by atoms with Gasteiger partial charge in [-0.3, -0.25) is 4.79 Å². The van der Waals surface area contributed by atoms with Crippen LogP contribution in [0.25, 0.3) is 0 Å². The van der Waals surface area contributed by atoms with Gasteiger partial charge in [-0.1, -0.05) is 0 Å². The highest BCUT2D eigenvalue weighted by atomic mass is 16.1. The Kier molecular flexibility index (Phi) is 5.60. The van der Waals surface area contributed by atoms with Crippen LogP contribution in [-0.2, 0) is 4.79 Å². The lowest BCUT2D eigenvalue weighted by Crippen LogP contribution is -2.47. The lowest BCUT2D eigenvalue weighted by Gasteiger charge is -2.32. The van der Waals surface area contributed by atoms with Gasteiger partial charge in [-0.2, -0.15) is 0 Å². The molecule has 2 saturated heterocycles. The molecule has 110 valence electrons. The van der Waals surface area contributed by atoms with Crippen molar-refractivity contribution in [2.24, 2.45) is 0 Å². The van der Waals surface area contributed by atoms with Gasteiger partial charge >= 0.3 is 0 Å². The molecular weight excluding hydrogens is 240 g/mol. The van der Waals surface area contributed by atoms with E-state index in [9.17, 15) is 4.79 Å². The number of nitrogens with zero attached hydrogens (tertiary/aromatic N) is 3. The second-order valence-electron chi connectivity index (χ2n) is 6.04. The van der Waals surface area contributed by atoms with Crippen molar-refractivity contribution in [2.75, 3.05) is 59.9 Å². The molecule has 0 radical (unpaired) electrons. The van der Waals surface area contributed by atoms with Gasteiger partial charge in [0.25, 0.3) is 0 Å². The summed E-state index contributed by atoms with van der Waals surface area (Å²) in [6.45, 7) is 7.54. The number of hydrogen-bond acceptors (Lipinski definition) is 4. The number of nitrogens with one attached hydrogen (secondary N) is 1. The summed E-state index contributed by atoms with van der Waals surface area (Å²) in [6, 6.07) is 0.399. The molecule has 1 amide bonds. The van der Waals surface area contributed by atoms with Crippen molar-refractivity contribution in [1.82, 2.24) is 20.0 Å². The lowest BCUT2D eigenvalue weighted by molar-refractivity contribution is -0.122. The van der Waals surface area contributed by atoms with E-state index in [4.69, 9.17) is 0 Å². The molecule has 2 aliphatic rings. The average Bonchev–Trinajstić information content (AvgIpc) is 2.41. The summed E-state index contributed by atoms with van der Waals surface area (Å²) < 4.78 is 0. The van der Waals surface area contributed by atoms with Crippen LogP contribution in [0.15, 0.2) is 0 Å². The highest BCUT2D eigenvalue weighted by molar-refractivity contribution is 5.76. The van der Waals surface area contributed by atoms with Crippen molar-refractivity contribution in [2.45, 2.75) is 25.3 Å². The van der Waals surface area contributed by atoms with Crippen LogP contribution in [0.3, 0.4) is 0 Å². The van der Waals surface area contributed by atoms with Crippen LogP contribution in [0.2, 0.25) is 0 Å². The predicted molar refractivity (Wildman–Crippen MR) is 77.2 cm³/mol. The SMILES string of the molecule is CN1CCC(NC(=O)CCN2CCN(C)CC2)CC1. The van der Waals surface area contributed by atoms with E-state index in [0.29, 0.717) is 12.5 Å². The van der Waals surface area contributed by atoms with Crippen molar-refractivity contribution in [1.29, 1.82) is 0 Å². The Morgan fingerprint density at radius 2 is 1.58 bits per heavy atom. The summed E-state index contributed by atoms with van der Waals surface area (Å²) in [6.07, 6.45) is 2.84. The highest BCUT2D eigenvalue weighted by Gasteiger charge is 2.19. The van der Waals surface area contributed by atoms with Crippen LogP contribution in [0.1, 0.15) is 19.3 Å². The molecule has 0 unspecified atom stereocenters. The Balaban J connectivity index is 1.59. The number of likely N-dealkylation sites (tertiary alicyclic amines) is 1. The summed E-state index contributed by atoms with van der Waals surface area (Å²) in [7, 11) is 4.30. The Bertz CT molecular complexity index is 281. The highest BCUT2D eigenvalue weighted by Crippen LogP contribution is 2.08. The third-order valence-electron chi connectivity index (χ3n) is 4.33. The summed E-state index contributed by atoms with van der Waals surface area (Å²) >= 11 is 0. The Labute approximate surface area is 116 Å². The Morgan fingerprint density at radius 1 is 1.00 bits per heavy atom. The van der Waals surface area contributed by atoms with Crippen LogP contribution in [0, 0.1) is 0 Å². The predicted octanol–water partition coefficient (Wildman–Crippen LogP) is -0.166. The summed E-state index contributed by atoms with van der Waals surface area (Å²) in [5.41, 5.74) is 0. The zero-order chi connectivity index (χ0) is 13.7. The molecule has 2 heterocycles. The third-order valence-corrected chi connectivity index (χ3v) is 4.33. The molecule has 19 heavy (non-hydrogen) atoms. The molecule has 2 rings (SSSR count). The van der Waals surface area contributed by atoms with Crippen LogP contribution in [0.4, 0.5) is 0 Å². The first kappa shape index (κ1) is 14.8. The third kappa shape index (κ3) is 5.09. The zero-order valence-corrected chi connectivity index (χ0v) is 12.4. The number of piperazine rings is 1. The van der Waals surface area contributed by atoms with Gasteiger partial charge in [-0.25, -0.2) is 0 Å². The fourth-order valence-corrected chi connectivity index (χ4v) is 2.78. The number of likely N-dealkylation sites (N-methyl/N-ethyl adjacent to an activating group) is 1. The van der Waals surface area contributed by atoms with Crippen LogP contribution in [0.5, 0.6) is 0 Å². The van der Waals surface area contributed by atoms with Gasteiger partial charge in [-0.05, 0) is 40.0 Å². The van der Waals surface area contributed by atoms with E-state index in [0.717, 1.165) is 58.7 Å². The lowest BCUT2D eigenvalue weighted by atomic mass is 10.1. The molecule has 5 nitrogen and oxygen atoms in total. The minimum Gasteiger partial charge on any atom is -0.353 e. The van der Waals surface area contributed by atoms with Gasteiger partial charge in [0, 0.05) is 45.2 Å². The summed E-state index contributed by atoms with van der Waals surface area (Å²) in [5.74, 6) is 0.230. The maximum atomic E-state index is 11.9. The second-order valence-corrected chi connectivity index (χ2v) is 6.04. The van der Waals surface area contributed by atoms with Crippen LogP contribution >= 0.6 is 0 Å². The van der Waals surface area contributed by atoms with E-state index in [1.165, 1.54) is 0 Å². The molecule has 1 N–H and O–H groups in total. The quantitative estimate of drug-likeness (QED) is 0.769.